The molecule has 0 spiro atoms. The van der Waals surface area contributed by atoms with Crippen molar-refractivity contribution in [3.8, 4) is 5.88 Å². The number of pyridine rings is 1. The molecule has 1 aliphatic heterocycles. The van der Waals surface area contributed by atoms with Crippen molar-refractivity contribution >= 4 is 11.9 Å². The van der Waals surface area contributed by atoms with Gasteiger partial charge < -0.3 is 20.3 Å². The average Bonchev–Trinajstić information content (AvgIpc) is 3.15. The van der Waals surface area contributed by atoms with Gasteiger partial charge in [0.2, 0.25) is 11.8 Å². The number of hydrogen-bond acceptors (Lipinski definition) is 4. The molecule has 2 heterocycles. The Morgan fingerprint density at radius 3 is 3.00 bits per heavy atom. The van der Waals surface area contributed by atoms with Crippen LogP contribution in [0.1, 0.15) is 52.0 Å². The van der Waals surface area contributed by atoms with Gasteiger partial charge in [-0.1, -0.05) is 26.3 Å². The fraction of sp³-hybridized carbons (Fsp3) is 0.650. The predicted octanol–water partition coefficient (Wildman–Crippen LogP) is 2.33. The number of carbonyl (C=O) groups is 1. The number of aromatic nitrogens is 1. The van der Waals surface area contributed by atoms with Crippen LogP contribution in [0.3, 0.4) is 0 Å². The predicted molar refractivity (Wildman–Crippen MR) is 108 cm³/mol. The summed E-state index contributed by atoms with van der Waals surface area (Å²) in [7, 11) is 0. The summed E-state index contributed by atoms with van der Waals surface area (Å²) in [5.74, 6) is 1.63. The molecule has 1 amide bonds. The molecule has 0 radical (unpaired) electrons. The lowest BCUT2D eigenvalue weighted by molar-refractivity contribution is -0.129. The summed E-state index contributed by atoms with van der Waals surface area (Å²) >= 11 is 0. The lowest BCUT2D eigenvalue weighted by atomic mass is 10.2. The van der Waals surface area contributed by atoms with Gasteiger partial charge in [0.05, 0.1) is 13.2 Å². The van der Waals surface area contributed by atoms with E-state index in [4.69, 9.17) is 9.73 Å². The van der Waals surface area contributed by atoms with E-state index in [-0.39, 0.29) is 11.9 Å². The Morgan fingerprint density at radius 2 is 2.26 bits per heavy atom. The van der Waals surface area contributed by atoms with Gasteiger partial charge >= 0.3 is 0 Å². The van der Waals surface area contributed by atoms with Gasteiger partial charge in [-0.05, 0) is 25.8 Å². The zero-order chi connectivity index (χ0) is 19.5. The largest absolute Gasteiger partial charge is 0.477 e. The Hall–Kier alpha value is -2.31. The number of amides is 1. The number of nitrogens with zero attached hydrogens (tertiary/aromatic N) is 3. The normalized spacial score (nSPS) is 17.1. The van der Waals surface area contributed by atoms with Gasteiger partial charge in [-0.15, -0.1) is 0 Å². The van der Waals surface area contributed by atoms with Crippen LogP contribution < -0.4 is 15.4 Å². The highest BCUT2D eigenvalue weighted by atomic mass is 16.5. The lowest BCUT2D eigenvalue weighted by Gasteiger charge is -2.18. The number of rotatable bonds is 9. The molecule has 1 aromatic heterocycles. The highest BCUT2D eigenvalue weighted by Gasteiger charge is 2.25. The van der Waals surface area contributed by atoms with E-state index in [1.807, 2.05) is 30.9 Å². The van der Waals surface area contributed by atoms with E-state index in [0.29, 0.717) is 25.5 Å². The molecule has 2 rings (SSSR count). The van der Waals surface area contributed by atoms with Crippen molar-refractivity contribution in [2.75, 3.05) is 26.2 Å². The van der Waals surface area contributed by atoms with Crippen LogP contribution in [-0.2, 0) is 11.3 Å². The smallest absolute Gasteiger partial charge is 0.222 e. The molecule has 2 N–H and O–H groups in total. The topological polar surface area (TPSA) is 78.9 Å². The van der Waals surface area contributed by atoms with Gasteiger partial charge in [0.15, 0.2) is 5.96 Å². The first-order valence-corrected chi connectivity index (χ1v) is 10.1. The van der Waals surface area contributed by atoms with E-state index >= 15 is 0 Å². The number of carbonyl (C=O) groups excluding carboxylic acids is 1. The summed E-state index contributed by atoms with van der Waals surface area (Å²) in [6, 6.07) is 4.13. The minimum Gasteiger partial charge on any atom is -0.477 e. The Morgan fingerprint density at radius 1 is 1.41 bits per heavy atom. The molecule has 27 heavy (non-hydrogen) atoms. The summed E-state index contributed by atoms with van der Waals surface area (Å²) < 4.78 is 5.79. The maximum absolute atomic E-state index is 11.9. The van der Waals surface area contributed by atoms with Crippen LogP contribution in [0.25, 0.3) is 0 Å². The first-order valence-electron chi connectivity index (χ1n) is 10.1. The van der Waals surface area contributed by atoms with Crippen LogP contribution in [0.15, 0.2) is 23.3 Å². The van der Waals surface area contributed by atoms with Crippen molar-refractivity contribution in [2.45, 2.75) is 59.0 Å². The minimum absolute atomic E-state index is 0.213. The molecule has 1 saturated heterocycles. The van der Waals surface area contributed by atoms with Crippen molar-refractivity contribution < 1.29 is 9.53 Å². The van der Waals surface area contributed by atoms with E-state index in [1.165, 1.54) is 0 Å². The molecule has 1 fully saturated rings. The van der Waals surface area contributed by atoms with Gasteiger partial charge in [-0.2, -0.15) is 0 Å². The highest BCUT2D eigenvalue weighted by Crippen LogP contribution is 2.16. The van der Waals surface area contributed by atoms with Crippen LogP contribution in [0.5, 0.6) is 5.88 Å². The van der Waals surface area contributed by atoms with E-state index in [9.17, 15) is 4.79 Å². The quantitative estimate of drug-likeness (QED) is 0.393. The molecule has 150 valence electrons. The van der Waals surface area contributed by atoms with Gasteiger partial charge in [0, 0.05) is 43.9 Å². The molecule has 0 aliphatic carbocycles. The summed E-state index contributed by atoms with van der Waals surface area (Å²) in [4.78, 5) is 22.8. The number of hydrogen-bond donors (Lipinski definition) is 2. The van der Waals surface area contributed by atoms with Gasteiger partial charge in [-0.3, -0.25) is 4.79 Å². The third-order valence-electron chi connectivity index (χ3n) is 4.52. The number of likely N-dealkylation sites (tertiary alicyclic amines) is 1. The Balaban J connectivity index is 1.96. The van der Waals surface area contributed by atoms with Crippen LogP contribution in [0, 0.1) is 0 Å². The van der Waals surface area contributed by atoms with E-state index in [2.05, 4.69) is 22.5 Å². The van der Waals surface area contributed by atoms with Gasteiger partial charge in [0.1, 0.15) is 0 Å². The summed E-state index contributed by atoms with van der Waals surface area (Å²) in [5, 5.41) is 6.74. The molecular weight excluding hydrogens is 342 g/mol. The number of nitrogens with one attached hydrogen (secondary N) is 2. The second-order valence-corrected chi connectivity index (χ2v) is 6.69. The SMILES string of the molecule is CCCCOc1ncccc1CN=C(NCC)NC1CCN(C(=O)CC)C1. The van der Waals surface area contributed by atoms with E-state index in [1.54, 1.807) is 6.20 Å². The summed E-state index contributed by atoms with van der Waals surface area (Å²) in [5.41, 5.74) is 0.972. The van der Waals surface area contributed by atoms with E-state index in [0.717, 1.165) is 50.4 Å². The Kier molecular flexibility index (Phi) is 8.87. The molecule has 1 unspecified atom stereocenters. The standard InChI is InChI=1S/C20H33N5O2/c1-4-7-13-27-19-16(9-8-11-22-19)14-23-20(21-6-3)24-17-10-12-25(15-17)18(26)5-2/h8-9,11,17H,4-7,10,12-15H2,1-3H3,(H2,21,23,24). The third kappa shape index (κ3) is 6.73. The number of unbranched alkanes of at least 4 members (excludes halogenated alkanes) is 1. The monoisotopic (exact) mass is 375 g/mol. The molecule has 1 atom stereocenters. The van der Waals surface area contributed by atoms with Crippen molar-refractivity contribution in [3.05, 3.63) is 23.9 Å². The Labute approximate surface area is 162 Å². The lowest BCUT2D eigenvalue weighted by Crippen LogP contribution is -2.45. The fourth-order valence-electron chi connectivity index (χ4n) is 2.99. The Bertz CT molecular complexity index is 620. The van der Waals surface area contributed by atoms with Crippen LogP contribution in [-0.4, -0.2) is 54.0 Å². The average molecular weight is 376 g/mol. The van der Waals surface area contributed by atoms with Crippen LogP contribution in [0.4, 0.5) is 0 Å². The molecule has 1 aromatic rings. The fourth-order valence-corrected chi connectivity index (χ4v) is 2.99. The third-order valence-corrected chi connectivity index (χ3v) is 4.52. The molecule has 7 nitrogen and oxygen atoms in total. The number of guanidine groups is 1. The summed E-state index contributed by atoms with van der Waals surface area (Å²) in [6.45, 7) is 9.57. The molecule has 7 heteroatoms. The number of ether oxygens (including phenoxy) is 1. The summed E-state index contributed by atoms with van der Waals surface area (Å²) in [6.07, 6.45) is 5.35. The van der Waals surface area contributed by atoms with Crippen LogP contribution >= 0.6 is 0 Å². The first kappa shape index (κ1) is 21.0. The van der Waals surface area contributed by atoms with Crippen molar-refractivity contribution in [3.63, 3.8) is 0 Å². The molecule has 0 saturated carbocycles. The van der Waals surface area contributed by atoms with Crippen molar-refractivity contribution in [1.29, 1.82) is 0 Å². The maximum Gasteiger partial charge on any atom is 0.222 e. The molecule has 1 aliphatic rings. The van der Waals surface area contributed by atoms with Crippen LogP contribution in [0.2, 0.25) is 0 Å². The zero-order valence-corrected chi connectivity index (χ0v) is 16.8. The van der Waals surface area contributed by atoms with Crippen molar-refractivity contribution in [2.24, 2.45) is 4.99 Å². The van der Waals surface area contributed by atoms with Gasteiger partial charge in [-0.25, -0.2) is 9.98 Å². The zero-order valence-electron chi connectivity index (χ0n) is 16.8. The molecular formula is C20H33N5O2. The van der Waals surface area contributed by atoms with Gasteiger partial charge in [0.25, 0.3) is 0 Å². The molecule has 0 bridgehead atoms. The van der Waals surface area contributed by atoms with E-state index < -0.39 is 0 Å². The minimum atomic E-state index is 0.213. The maximum atomic E-state index is 11.9. The molecule has 0 aromatic carbocycles. The highest BCUT2D eigenvalue weighted by molar-refractivity contribution is 5.80. The second-order valence-electron chi connectivity index (χ2n) is 6.69. The first-order chi connectivity index (χ1) is 13.2. The second kappa shape index (κ2) is 11.4. The van der Waals surface area contributed by atoms with Crippen molar-refractivity contribution in [1.82, 2.24) is 20.5 Å². The number of aliphatic imine (C=N–C) groups is 1.